The number of hydrogen-bond donors (Lipinski definition) is 0. The minimum Gasteiger partial charge on any atom is -0.135 e. The Bertz CT molecular complexity index is 3120. The van der Waals surface area contributed by atoms with Crippen LogP contribution in [0.15, 0.2) is 183 Å². The molecule has 0 spiro atoms. The summed E-state index contributed by atoms with van der Waals surface area (Å²) in [4.78, 5) is 0. The summed E-state index contributed by atoms with van der Waals surface area (Å²) in [6.07, 6.45) is 11.3. The molecular weight excluding hydrogens is 693 g/mol. The summed E-state index contributed by atoms with van der Waals surface area (Å²) < 4.78 is 2.68. The number of thiophene rings is 1. The highest BCUT2D eigenvalue weighted by atomic mass is 32.1. The van der Waals surface area contributed by atoms with Crippen molar-refractivity contribution in [3.63, 3.8) is 0 Å². The van der Waals surface area contributed by atoms with Crippen LogP contribution in [0.4, 0.5) is 0 Å². The van der Waals surface area contributed by atoms with Crippen molar-refractivity contribution >= 4 is 64.6 Å². The van der Waals surface area contributed by atoms with Crippen LogP contribution in [0.3, 0.4) is 0 Å². The van der Waals surface area contributed by atoms with Crippen LogP contribution in [0.5, 0.6) is 0 Å². The summed E-state index contributed by atoms with van der Waals surface area (Å²) in [7, 11) is 0. The van der Waals surface area contributed by atoms with E-state index in [-0.39, 0.29) is 5.41 Å². The predicted molar refractivity (Wildman–Crippen MR) is 244 cm³/mol. The maximum absolute atomic E-state index is 4.86. The summed E-state index contributed by atoms with van der Waals surface area (Å²) in [6, 6.07) is 53.3. The normalized spacial score (nSPS) is 16.1. The van der Waals surface area contributed by atoms with Crippen LogP contribution in [0.1, 0.15) is 60.1 Å². The molecule has 0 aliphatic heterocycles. The largest absolute Gasteiger partial charge is 0.135 e. The minimum atomic E-state index is -0.206. The molecule has 10 rings (SSSR count). The smallest absolute Gasteiger partial charge is 0.0434 e. The first-order chi connectivity index (χ1) is 27.4. The van der Waals surface area contributed by atoms with Crippen molar-refractivity contribution in [2.45, 2.75) is 32.1 Å². The van der Waals surface area contributed by atoms with Crippen molar-refractivity contribution in [2.24, 2.45) is 0 Å². The average Bonchev–Trinajstić information content (AvgIpc) is 3.74. The molecule has 0 N–H and O–H groups in total. The standard InChI is InChI=1S/C55H42S/c1-35(37-20-8-7-9-21-37)38-23-12-13-24-39(38)36(2)40-22-10-5-6-11-25-43(42-27-15-14-26-41(40)42)48-34-49-45(32-33-46-44-28-17-19-31-51(44)56-54(46)49)52-47-29-16-18-30-50(47)55(3,4)53(48)52/h7-34H,1-2,5-6H2,3-4H3/b22-10?,25-11+,41-40?,43-42+. The van der Waals surface area contributed by atoms with E-state index >= 15 is 0 Å². The lowest BCUT2D eigenvalue weighted by Crippen LogP contribution is -2.30. The molecule has 0 unspecified atom stereocenters. The monoisotopic (exact) mass is 734 g/mol. The van der Waals surface area contributed by atoms with E-state index in [0.717, 1.165) is 46.3 Å². The third-order valence-electron chi connectivity index (χ3n) is 12.0. The molecule has 1 heterocycles. The molecule has 0 amide bonds. The number of benzene rings is 7. The highest BCUT2D eigenvalue weighted by molar-refractivity contribution is 7.26. The Morgan fingerprint density at radius 2 is 1.20 bits per heavy atom. The maximum Gasteiger partial charge on any atom is 0.0434 e. The minimum absolute atomic E-state index is 0.206. The number of allylic oxidation sites excluding steroid dienone is 5. The summed E-state index contributed by atoms with van der Waals surface area (Å²) in [5.74, 6) is 0. The van der Waals surface area contributed by atoms with Gasteiger partial charge >= 0.3 is 0 Å². The summed E-state index contributed by atoms with van der Waals surface area (Å²) >= 11 is 1.92. The molecule has 56 heavy (non-hydrogen) atoms. The van der Waals surface area contributed by atoms with Crippen molar-refractivity contribution in [1.29, 1.82) is 0 Å². The highest BCUT2D eigenvalue weighted by Gasteiger charge is 2.39. The Kier molecular flexibility index (Phi) is 8.24. The summed E-state index contributed by atoms with van der Waals surface area (Å²) in [5, 5.41) is 7.70. The van der Waals surface area contributed by atoms with Crippen LogP contribution < -0.4 is 10.4 Å². The second-order valence-corrected chi connectivity index (χ2v) is 16.7. The van der Waals surface area contributed by atoms with E-state index in [2.05, 4.69) is 190 Å². The second kappa shape index (κ2) is 13.5. The lowest BCUT2D eigenvalue weighted by atomic mass is 9.77. The second-order valence-electron chi connectivity index (χ2n) is 15.6. The van der Waals surface area contributed by atoms with Gasteiger partial charge in [-0.3, -0.25) is 0 Å². The molecule has 268 valence electrons. The molecule has 0 saturated heterocycles. The Morgan fingerprint density at radius 3 is 2.02 bits per heavy atom. The van der Waals surface area contributed by atoms with Crippen LogP contribution in [0.25, 0.3) is 64.4 Å². The van der Waals surface area contributed by atoms with Crippen molar-refractivity contribution in [3.05, 3.63) is 227 Å². The maximum atomic E-state index is 4.86. The average molecular weight is 735 g/mol. The fourth-order valence-electron chi connectivity index (χ4n) is 9.35. The Hall–Kier alpha value is -6.28. The van der Waals surface area contributed by atoms with E-state index in [1.165, 1.54) is 74.8 Å². The third kappa shape index (κ3) is 5.34. The van der Waals surface area contributed by atoms with E-state index in [1.54, 1.807) is 0 Å². The first kappa shape index (κ1) is 34.2. The van der Waals surface area contributed by atoms with Gasteiger partial charge in [0.2, 0.25) is 0 Å². The third-order valence-corrected chi connectivity index (χ3v) is 13.3. The van der Waals surface area contributed by atoms with Crippen molar-refractivity contribution in [1.82, 2.24) is 0 Å². The van der Waals surface area contributed by atoms with Gasteiger partial charge < -0.3 is 0 Å². The van der Waals surface area contributed by atoms with E-state index < -0.39 is 0 Å². The van der Waals surface area contributed by atoms with Gasteiger partial charge in [-0.1, -0.05) is 185 Å². The summed E-state index contributed by atoms with van der Waals surface area (Å²) in [6.45, 7) is 14.3. The van der Waals surface area contributed by atoms with Crippen LogP contribution >= 0.6 is 11.3 Å². The van der Waals surface area contributed by atoms with Gasteiger partial charge in [-0.15, -0.1) is 11.3 Å². The molecule has 0 saturated carbocycles. The fourth-order valence-corrected chi connectivity index (χ4v) is 10.6. The zero-order valence-electron chi connectivity index (χ0n) is 31.9. The zero-order chi connectivity index (χ0) is 38.0. The van der Waals surface area contributed by atoms with Gasteiger partial charge in [0.25, 0.3) is 0 Å². The Balaban J connectivity index is 1.32. The molecule has 2 aliphatic carbocycles. The molecule has 8 aromatic rings. The number of rotatable bonds is 5. The van der Waals surface area contributed by atoms with Crippen molar-refractivity contribution in [2.75, 3.05) is 0 Å². The van der Waals surface area contributed by atoms with E-state index in [0.29, 0.717) is 0 Å². The van der Waals surface area contributed by atoms with Crippen LogP contribution in [-0.4, -0.2) is 0 Å². The lowest BCUT2D eigenvalue weighted by molar-refractivity contribution is 0.659. The van der Waals surface area contributed by atoms with Gasteiger partial charge in [0.15, 0.2) is 0 Å². The molecule has 7 aromatic carbocycles. The van der Waals surface area contributed by atoms with Crippen LogP contribution in [0.2, 0.25) is 0 Å². The fraction of sp³-hybridized carbons (Fsp3) is 0.0909. The Morgan fingerprint density at radius 1 is 0.554 bits per heavy atom. The first-order valence-corrected chi connectivity index (χ1v) is 20.5. The van der Waals surface area contributed by atoms with Gasteiger partial charge in [0, 0.05) is 31.0 Å². The number of fused-ring (bicyclic) bond motifs is 10. The number of hydrogen-bond acceptors (Lipinski definition) is 1. The summed E-state index contributed by atoms with van der Waals surface area (Å²) in [5.41, 5.74) is 14.3. The molecule has 0 bridgehead atoms. The molecule has 1 heteroatoms. The predicted octanol–water partition coefficient (Wildman–Crippen LogP) is 13.5. The quantitative estimate of drug-likeness (QED) is 0.165. The molecular formula is C55H42S. The van der Waals surface area contributed by atoms with Gasteiger partial charge in [-0.25, -0.2) is 0 Å². The van der Waals surface area contributed by atoms with Gasteiger partial charge in [-0.2, -0.15) is 0 Å². The van der Waals surface area contributed by atoms with E-state index in [4.69, 9.17) is 6.58 Å². The van der Waals surface area contributed by atoms with Gasteiger partial charge in [0.1, 0.15) is 0 Å². The molecule has 0 fully saturated rings. The van der Waals surface area contributed by atoms with Crippen LogP contribution in [-0.2, 0) is 5.41 Å². The van der Waals surface area contributed by atoms with Gasteiger partial charge in [0.05, 0.1) is 0 Å². The topological polar surface area (TPSA) is 0 Å². The molecule has 0 atom stereocenters. The molecule has 1 aromatic heterocycles. The Labute approximate surface area is 333 Å². The zero-order valence-corrected chi connectivity index (χ0v) is 32.7. The van der Waals surface area contributed by atoms with E-state index in [1.807, 2.05) is 11.3 Å². The van der Waals surface area contributed by atoms with Crippen LogP contribution in [0, 0.1) is 0 Å². The molecule has 0 radical (unpaired) electrons. The van der Waals surface area contributed by atoms with Gasteiger partial charge in [-0.05, 0) is 108 Å². The molecule has 2 aliphatic rings. The highest BCUT2D eigenvalue weighted by Crippen LogP contribution is 2.55. The lowest BCUT2D eigenvalue weighted by Gasteiger charge is -2.26. The first-order valence-electron chi connectivity index (χ1n) is 19.6. The van der Waals surface area contributed by atoms with Crippen molar-refractivity contribution < 1.29 is 0 Å². The van der Waals surface area contributed by atoms with Crippen molar-refractivity contribution in [3.8, 4) is 11.1 Å². The van der Waals surface area contributed by atoms with E-state index in [9.17, 15) is 0 Å². The molecule has 0 nitrogen and oxygen atoms in total. The SMILES string of the molecule is C=C(C1=c2cccc/c2=C(c2cc3c(ccc4c5ccccc5sc34)c3c2C(C)(C)c2ccccc2-3)/C=C/CCC=C1)c1ccccc1C(=C)c1ccccc1.